The average molecular weight is 269 g/mol. The van der Waals surface area contributed by atoms with E-state index in [0.29, 0.717) is 18.6 Å². The van der Waals surface area contributed by atoms with Crippen molar-refractivity contribution in [1.29, 1.82) is 0 Å². The summed E-state index contributed by atoms with van der Waals surface area (Å²) in [5.41, 5.74) is 5.93. The number of amides is 1. The summed E-state index contributed by atoms with van der Waals surface area (Å²) in [6, 6.07) is 0.908. The van der Waals surface area contributed by atoms with Crippen LogP contribution >= 0.6 is 0 Å². The van der Waals surface area contributed by atoms with E-state index in [1.165, 1.54) is 0 Å². The zero-order chi connectivity index (χ0) is 14.3. The van der Waals surface area contributed by atoms with Crippen LogP contribution in [-0.4, -0.2) is 54.5 Å². The molecule has 1 amide bonds. The second kappa shape index (κ2) is 8.54. The summed E-state index contributed by atoms with van der Waals surface area (Å²) in [5, 5.41) is 0. The van der Waals surface area contributed by atoms with Crippen molar-refractivity contribution < 1.29 is 4.79 Å². The Kier molecular flexibility index (Phi) is 7.39. The van der Waals surface area contributed by atoms with Gasteiger partial charge < -0.3 is 10.6 Å². The maximum Gasteiger partial charge on any atom is 0.236 e. The zero-order valence-corrected chi connectivity index (χ0v) is 12.9. The van der Waals surface area contributed by atoms with Gasteiger partial charge in [0.1, 0.15) is 0 Å². The standard InChI is InChI=1S/C15H31N3O/c1-4-10-18(11-5-2)15(19)12-17(3)14-8-6-13(16)7-9-14/h13-14H,4-12,16H2,1-3H3. The molecule has 19 heavy (non-hydrogen) atoms. The summed E-state index contributed by atoms with van der Waals surface area (Å²) < 4.78 is 0. The van der Waals surface area contributed by atoms with E-state index < -0.39 is 0 Å². The molecule has 0 aliphatic heterocycles. The maximum absolute atomic E-state index is 12.3. The summed E-state index contributed by atoms with van der Waals surface area (Å²) in [7, 11) is 2.08. The molecule has 2 N–H and O–H groups in total. The van der Waals surface area contributed by atoms with Gasteiger partial charge in [-0.25, -0.2) is 0 Å². The number of carbonyl (C=O) groups excluding carboxylic acids is 1. The minimum atomic E-state index is 0.279. The predicted molar refractivity (Wildman–Crippen MR) is 80.0 cm³/mol. The third-order valence-corrected chi connectivity index (χ3v) is 4.09. The minimum Gasteiger partial charge on any atom is -0.342 e. The molecule has 0 aromatic heterocycles. The van der Waals surface area contributed by atoms with E-state index in [9.17, 15) is 4.79 Å². The Morgan fingerprint density at radius 2 is 1.63 bits per heavy atom. The van der Waals surface area contributed by atoms with Gasteiger partial charge in [-0.2, -0.15) is 0 Å². The highest BCUT2D eigenvalue weighted by Gasteiger charge is 2.24. The van der Waals surface area contributed by atoms with Crippen LogP contribution in [0.5, 0.6) is 0 Å². The molecule has 1 aliphatic rings. The van der Waals surface area contributed by atoms with E-state index in [-0.39, 0.29) is 5.91 Å². The second-order valence-corrected chi connectivity index (χ2v) is 5.86. The molecule has 1 rings (SSSR count). The van der Waals surface area contributed by atoms with Crippen LogP contribution in [0, 0.1) is 0 Å². The van der Waals surface area contributed by atoms with Crippen molar-refractivity contribution in [3.8, 4) is 0 Å². The van der Waals surface area contributed by atoms with E-state index in [1.807, 2.05) is 4.90 Å². The highest BCUT2D eigenvalue weighted by atomic mass is 16.2. The van der Waals surface area contributed by atoms with Crippen LogP contribution in [0.4, 0.5) is 0 Å². The van der Waals surface area contributed by atoms with Crippen molar-refractivity contribution >= 4 is 5.91 Å². The molecule has 0 radical (unpaired) electrons. The van der Waals surface area contributed by atoms with Gasteiger partial charge in [0, 0.05) is 25.2 Å². The van der Waals surface area contributed by atoms with Crippen LogP contribution in [0.1, 0.15) is 52.4 Å². The molecule has 4 nitrogen and oxygen atoms in total. The van der Waals surface area contributed by atoms with Gasteiger partial charge in [-0.3, -0.25) is 9.69 Å². The smallest absolute Gasteiger partial charge is 0.236 e. The van der Waals surface area contributed by atoms with Crippen molar-refractivity contribution in [2.45, 2.75) is 64.5 Å². The highest BCUT2D eigenvalue weighted by molar-refractivity contribution is 5.78. The number of hydrogen-bond donors (Lipinski definition) is 1. The Balaban J connectivity index is 2.41. The number of nitrogens with two attached hydrogens (primary N) is 1. The van der Waals surface area contributed by atoms with E-state index >= 15 is 0 Å². The molecule has 0 saturated heterocycles. The van der Waals surface area contributed by atoms with E-state index in [2.05, 4.69) is 25.8 Å². The molecule has 0 aromatic rings. The molecule has 0 bridgehead atoms. The quantitative estimate of drug-likeness (QED) is 0.767. The summed E-state index contributed by atoms with van der Waals surface area (Å²) >= 11 is 0. The summed E-state index contributed by atoms with van der Waals surface area (Å²) in [6.07, 6.45) is 6.52. The SMILES string of the molecule is CCCN(CCC)C(=O)CN(C)C1CCC(N)CC1. The van der Waals surface area contributed by atoms with E-state index in [4.69, 9.17) is 5.73 Å². The molecule has 1 aliphatic carbocycles. The van der Waals surface area contributed by atoms with Crippen LogP contribution < -0.4 is 5.73 Å². The van der Waals surface area contributed by atoms with Crippen molar-refractivity contribution in [2.24, 2.45) is 5.73 Å². The van der Waals surface area contributed by atoms with Crippen LogP contribution in [0.3, 0.4) is 0 Å². The summed E-state index contributed by atoms with van der Waals surface area (Å²) in [4.78, 5) is 16.5. The van der Waals surface area contributed by atoms with Crippen molar-refractivity contribution in [2.75, 3.05) is 26.7 Å². The molecular formula is C15H31N3O. The van der Waals surface area contributed by atoms with Gasteiger partial charge in [-0.15, -0.1) is 0 Å². The number of carbonyl (C=O) groups is 1. The van der Waals surface area contributed by atoms with Gasteiger partial charge in [0.15, 0.2) is 0 Å². The largest absolute Gasteiger partial charge is 0.342 e. The maximum atomic E-state index is 12.3. The first-order chi connectivity index (χ1) is 9.08. The normalized spacial score (nSPS) is 23.6. The molecule has 0 aromatic carbocycles. The highest BCUT2D eigenvalue weighted by Crippen LogP contribution is 2.21. The zero-order valence-electron chi connectivity index (χ0n) is 12.9. The lowest BCUT2D eigenvalue weighted by atomic mass is 9.91. The third kappa shape index (κ3) is 5.49. The first-order valence-corrected chi connectivity index (χ1v) is 7.82. The van der Waals surface area contributed by atoms with Crippen molar-refractivity contribution in [1.82, 2.24) is 9.80 Å². The molecule has 0 spiro atoms. The average Bonchev–Trinajstić information content (AvgIpc) is 2.39. The Hall–Kier alpha value is -0.610. The fourth-order valence-electron chi connectivity index (χ4n) is 2.89. The van der Waals surface area contributed by atoms with Gasteiger partial charge in [0.2, 0.25) is 5.91 Å². The van der Waals surface area contributed by atoms with Gasteiger partial charge >= 0.3 is 0 Å². The Bertz CT molecular complexity index is 256. The molecule has 0 atom stereocenters. The molecule has 1 fully saturated rings. The van der Waals surface area contributed by atoms with Crippen LogP contribution in [0.15, 0.2) is 0 Å². The molecule has 112 valence electrons. The van der Waals surface area contributed by atoms with Crippen LogP contribution in [-0.2, 0) is 4.79 Å². The van der Waals surface area contributed by atoms with Gasteiger partial charge in [-0.1, -0.05) is 13.8 Å². The lowest BCUT2D eigenvalue weighted by Crippen LogP contribution is -2.45. The molecule has 4 heteroatoms. The Morgan fingerprint density at radius 3 is 2.11 bits per heavy atom. The Morgan fingerprint density at radius 1 is 1.11 bits per heavy atom. The van der Waals surface area contributed by atoms with Crippen molar-refractivity contribution in [3.63, 3.8) is 0 Å². The monoisotopic (exact) mass is 269 g/mol. The predicted octanol–water partition coefficient (Wildman–Crippen LogP) is 1.84. The first-order valence-electron chi connectivity index (χ1n) is 7.82. The fourth-order valence-corrected chi connectivity index (χ4v) is 2.89. The molecule has 1 saturated carbocycles. The first kappa shape index (κ1) is 16.4. The Labute approximate surface area is 118 Å². The van der Waals surface area contributed by atoms with Gasteiger partial charge in [-0.05, 0) is 45.6 Å². The van der Waals surface area contributed by atoms with Crippen LogP contribution in [0.2, 0.25) is 0 Å². The minimum absolute atomic E-state index is 0.279. The second-order valence-electron chi connectivity index (χ2n) is 5.86. The topological polar surface area (TPSA) is 49.6 Å². The lowest BCUT2D eigenvalue weighted by molar-refractivity contribution is -0.132. The summed E-state index contributed by atoms with van der Waals surface area (Å²) in [5.74, 6) is 0.279. The number of hydrogen-bond acceptors (Lipinski definition) is 3. The van der Waals surface area contributed by atoms with E-state index in [1.54, 1.807) is 0 Å². The molecule has 0 heterocycles. The summed E-state index contributed by atoms with van der Waals surface area (Å²) in [6.45, 7) is 6.58. The number of likely N-dealkylation sites (N-methyl/N-ethyl adjacent to an activating group) is 1. The third-order valence-electron chi connectivity index (χ3n) is 4.09. The molecular weight excluding hydrogens is 238 g/mol. The van der Waals surface area contributed by atoms with Gasteiger partial charge in [0.05, 0.1) is 6.54 Å². The van der Waals surface area contributed by atoms with Crippen molar-refractivity contribution in [3.05, 3.63) is 0 Å². The fraction of sp³-hybridized carbons (Fsp3) is 0.933. The van der Waals surface area contributed by atoms with E-state index in [0.717, 1.165) is 51.6 Å². The number of nitrogens with zero attached hydrogens (tertiary/aromatic N) is 2. The van der Waals surface area contributed by atoms with Crippen LogP contribution in [0.25, 0.3) is 0 Å². The molecule has 0 unspecified atom stereocenters. The van der Waals surface area contributed by atoms with Gasteiger partial charge in [0.25, 0.3) is 0 Å². The number of rotatable bonds is 7. The lowest BCUT2D eigenvalue weighted by Gasteiger charge is -2.34.